The minimum absolute atomic E-state index is 0.215. The minimum Gasteiger partial charge on any atom is -0.491 e. The van der Waals surface area contributed by atoms with Gasteiger partial charge in [0.15, 0.2) is 0 Å². The van der Waals surface area contributed by atoms with Gasteiger partial charge in [-0.1, -0.05) is 12.1 Å². The van der Waals surface area contributed by atoms with Gasteiger partial charge in [-0.2, -0.15) is 0 Å². The fourth-order valence-electron chi connectivity index (χ4n) is 1.97. The summed E-state index contributed by atoms with van der Waals surface area (Å²) in [4.78, 5) is 0. The molecule has 3 heteroatoms. The largest absolute Gasteiger partial charge is 0.491 e. The predicted octanol–water partition coefficient (Wildman–Crippen LogP) is 3.55. The highest BCUT2D eigenvalue weighted by Crippen LogP contribution is 2.18. The van der Waals surface area contributed by atoms with E-state index in [0.29, 0.717) is 12.1 Å². The van der Waals surface area contributed by atoms with Gasteiger partial charge in [-0.3, -0.25) is 0 Å². The lowest BCUT2D eigenvalue weighted by molar-refractivity contribution is 0.124. The summed E-state index contributed by atoms with van der Waals surface area (Å²) in [7, 11) is 0. The summed E-state index contributed by atoms with van der Waals surface area (Å²) in [6.07, 6.45) is 0.215. The Hall–Kier alpha value is -1.06. The topological polar surface area (TPSA) is 30.5 Å². The Morgan fingerprint density at radius 3 is 2.21 bits per heavy atom. The first-order valence-electron chi connectivity index (χ1n) is 7.13. The van der Waals surface area contributed by atoms with E-state index >= 15 is 0 Å². The second-order valence-electron chi connectivity index (χ2n) is 5.18. The van der Waals surface area contributed by atoms with Crippen LogP contribution < -0.4 is 10.1 Å². The molecule has 0 aliphatic rings. The molecule has 0 aromatic heterocycles. The van der Waals surface area contributed by atoms with E-state index < -0.39 is 0 Å². The second-order valence-corrected chi connectivity index (χ2v) is 5.18. The van der Waals surface area contributed by atoms with Crippen LogP contribution in [0.4, 0.5) is 0 Å². The van der Waals surface area contributed by atoms with Crippen LogP contribution in [0.1, 0.15) is 46.2 Å². The molecule has 0 saturated heterocycles. The van der Waals surface area contributed by atoms with Crippen molar-refractivity contribution in [1.82, 2.24) is 5.32 Å². The van der Waals surface area contributed by atoms with Gasteiger partial charge in [0.1, 0.15) is 5.75 Å². The van der Waals surface area contributed by atoms with Crippen molar-refractivity contribution >= 4 is 0 Å². The number of hydrogen-bond acceptors (Lipinski definition) is 3. The van der Waals surface area contributed by atoms with Gasteiger partial charge in [-0.15, -0.1) is 0 Å². The molecule has 0 bridgehead atoms. The standard InChI is InChI=1S/C16H27NO2/c1-6-18-11-13(4)17-14(5)15-7-9-16(10-8-15)19-12(2)3/h7-10,12-14,17H,6,11H2,1-5H3. The lowest BCUT2D eigenvalue weighted by Gasteiger charge is -2.20. The zero-order valence-corrected chi connectivity index (χ0v) is 12.8. The first kappa shape index (κ1) is 16.0. The third-order valence-corrected chi connectivity index (χ3v) is 2.86. The predicted molar refractivity (Wildman–Crippen MR) is 79.7 cm³/mol. The summed E-state index contributed by atoms with van der Waals surface area (Å²) >= 11 is 0. The Morgan fingerprint density at radius 1 is 1.05 bits per heavy atom. The lowest BCUT2D eigenvalue weighted by Crippen LogP contribution is -2.32. The second kappa shape index (κ2) is 8.18. The number of benzene rings is 1. The molecule has 2 atom stereocenters. The van der Waals surface area contributed by atoms with Gasteiger partial charge in [0.05, 0.1) is 12.7 Å². The summed E-state index contributed by atoms with van der Waals surface area (Å²) in [5.41, 5.74) is 1.26. The molecule has 0 amide bonds. The molecule has 0 aliphatic carbocycles. The SMILES string of the molecule is CCOCC(C)NC(C)c1ccc(OC(C)C)cc1. The Bertz CT molecular complexity index is 348. The molecule has 0 aliphatic heterocycles. The molecular weight excluding hydrogens is 238 g/mol. The highest BCUT2D eigenvalue weighted by atomic mass is 16.5. The van der Waals surface area contributed by atoms with Crippen molar-refractivity contribution in [3.8, 4) is 5.75 Å². The van der Waals surface area contributed by atoms with Crippen molar-refractivity contribution in [3.05, 3.63) is 29.8 Å². The fraction of sp³-hybridized carbons (Fsp3) is 0.625. The van der Waals surface area contributed by atoms with Crippen molar-refractivity contribution < 1.29 is 9.47 Å². The molecule has 0 radical (unpaired) electrons. The van der Waals surface area contributed by atoms with Gasteiger partial charge < -0.3 is 14.8 Å². The molecule has 1 N–H and O–H groups in total. The maximum atomic E-state index is 5.64. The summed E-state index contributed by atoms with van der Waals surface area (Å²) < 4.78 is 11.1. The van der Waals surface area contributed by atoms with Gasteiger partial charge in [0, 0.05) is 18.7 Å². The van der Waals surface area contributed by atoms with Crippen molar-refractivity contribution in [1.29, 1.82) is 0 Å². The van der Waals surface area contributed by atoms with E-state index in [2.05, 4.69) is 31.3 Å². The summed E-state index contributed by atoms with van der Waals surface area (Å²) in [5, 5.41) is 3.53. The highest BCUT2D eigenvalue weighted by Gasteiger charge is 2.09. The van der Waals surface area contributed by atoms with Crippen LogP contribution >= 0.6 is 0 Å². The van der Waals surface area contributed by atoms with E-state index in [4.69, 9.17) is 9.47 Å². The summed E-state index contributed by atoms with van der Waals surface area (Å²) in [5.74, 6) is 0.924. The van der Waals surface area contributed by atoms with Gasteiger partial charge >= 0.3 is 0 Å². The summed E-state index contributed by atoms with van der Waals surface area (Å²) in [6, 6.07) is 8.94. The van der Waals surface area contributed by atoms with Gasteiger partial charge in [-0.05, 0) is 52.3 Å². The summed E-state index contributed by atoms with van der Waals surface area (Å²) in [6.45, 7) is 11.9. The number of hydrogen-bond donors (Lipinski definition) is 1. The molecule has 1 aromatic carbocycles. The lowest BCUT2D eigenvalue weighted by atomic mass is 10.1. The van der Waals surface area contributed by atoms with Gasteiger partial charge in [0.2, 0.25) is 0 Å². The third-order valence-electron chi connectivity index (χ3n) is 2.86. The fourth-order valence-corrected chi connectivity index (χ4v) is 1.97. The van der Waals surface area contributed by atoms with E-state index in [9.17, 15) is 0 Å². The van der Waals surface area contributed by atoms with Crippen LogP contribution in [0.3, 0.4) is 0 Å². The van der Waals surface area contributed by atoms with E-state index in [1.165, 1.54) is 5.56 Å². The van der Waals surface area contributed by atoms with Crippen LogP contribution in [0.2, 0.25) is 0 Å². The van der Waals surface area contributed by atoms with E-state index in [-0.39, 0.29) is 6.10 Å². The molecule has 3 nitrogen and oxygen atoms in total. The molecule has 108 valence electrons. The van der Waals surface area contributed by atoms with Gasteiger partial charge in [-0.25, -0.2) is 0 Å². The zero-order valence-electron chi connectivity index (χ0n) is 12.8. The Labute approximate surface area is 117 Å². The van der Waals surface area contributed by atoms with Crippen molar-refractivity contribution in [3.63, 3.8) is 0 Å². The van der Waals surface area contributed by atoms with Crippen molar-refractivity contribution in [2.45, 2.75) is 52.8 Å². The smallest absolute Gasteiger partial charge is 0.119 e. The molecule has 1 rings (SSSR count). The van der Waals surface area contributed by atoms with E-state index in [0.717, 1.165) is 19.0 Å². The molecule has 0 saturated carbocycles. The van der Waals surface area contributed by atoms with Gasteiger partial charge in [0.25, 0.3) is 0 Å². The molecule has 1 aromatic rings. The van der Waals surface area contributed by atoms with Crippen LogP contribution in [0, 0.1) is 0 Å². The maximum Gasteiger partial charge on any atom is 0.119 e. The van der Waals surface area contributed by atoms with Crippen LogP contribution in [0.15, 0.2) is 24.3 Å². The number of nitrogens with one attached hydrogen (secondary N) is 1. The Morgan fingerprint density at radius 2 is 1.68 bits per heavy atom. The van der Waals surface area contributed by atoms with Crippen molar-refractivity contribution in [2.75, 3.05) is 13.2 Å². The molecule has 0 fully saturated rings. The Kier molecular flexibility index (Phi) is 6.89. The molecule has 0 heterocycles. The van der Waals surface area contributed by atoms with Crippen LogP contribution in [-0.2, 0) is 4.74 Å². The number of rotatable bonds is 8. The van der Waals surface area contributed by atoms with Crippen LogP contribution in [-0.4, -0.2) is 25.4 Å². The minimum atomic E-state index is 0.215. The first-order chi connectivity index (χ1) is 9.02. The normalized spacial score (nSPS) is 14.4. The van der Waals surface area contributed by atoms with E-state index in [1.807, 2.05) is 32.9 Å². The molecule has 2 unspecified atom stereocenters. The Balaban J connectivity index is 2.50. The van der Waals surface area contributed by atoms with Crippen LogP contribution in [0.5, 0.6) is 5.75 Å². The van der Waals surface area contributed by atoms with E-state index in [1.54, 1.807) is 0 Å². The monoisotopic (exact) mass is 265 g/mol. The molecule has 0 spiro atoms. The van der Waals surface area contributed by atoms with Crippen LogP contribution in [0.25, 0.3) is 0 Å². The van der Waals surface area contributed by atoms with Crippen molar-refractivity contribution in [2.24, 2.45) is 0 Å². The number of ether oxygens (including phenoxy) is 2. The maximum absolute atomic E-state index is 5.64. The molecular formula is C16H27NO2. The third kappa shape index (κ3) is 6.08. The highest BCUT2D eigenvalue weighted by molar-refractivity contribution is 5.29. The molecule has 19 heavy (non-hydrogen) atoms. The average Bonchev–Trinajstić information content (AvgIpc) is 2.36. The quantitative estimate of drug-likeness (QED) is 0.779. The average molecular weight is 265 g/mol. The first-order valence-corrected chi connectivity index (χ1v) is 7.13. The zero-order chi connectivity index (χ0) is 14.3.